The van der Waals surface area contributed by atoms with E-state index in [-0.39, 0.29) is 11.5 Å². The van der Waals surface area contributed by atoms with Crippen molar-refractivity contribution in [1.82, 2.24) is 10.3 Å². The Morgan fingerprint density at radius 1 is 1.43 bits per heavy atom. The predicted molar refractivity (Wildman–Crippen MR) is 88.2 cm³/mol. The van der Waals surface area contributed by atoms with E-state index in [1.807, 2.05) is 19.9 Å². The van der Waals surface area contributed by atoms with Gasteiger partial charge in [-0.15, -0.1) is 11.3 Å². The minimum absolute atomic E-state index is 0.0234. The molecule has 0 aliphatic carbocycles. The number of carbonyl (C=O) groups is 1. The molecule has 2 aromatic rings. The lowest BCUT2D eigenvalue weighted by atomic mass is 10.2. The fraction of sp³-hybridized carbons (Fsp3) is 0.312. The molecule has 0 spiro atoms. The normalized spacial score (nSPS) is 10.2. The van der Waals surface area contributed by atoms with Crippen LogP contribution in [-0.4, -0.2) is 24.0 Å². The van der Waals surface area contributed by atoms with Gasteiger partial charge in [0, 0.05) is 13.1 Å². The zero-order chi connectivity index (χ0) is 16.8. The van der Waals surface area contributed by atoms with E-state index < -0.39 is 5.82 Å². The van der Waals surface area contributed by atoms with Crippen molar-refractivity contribution in [3.8, 4) is 6.07 Å². The molecular formula is C16H17FN4OS. The maximum Gasteiger partial charge on any atom is 0.263 e. The van der Waals surface area contributed by atoms with Crippen LogP contribution in [-0.2, 0) is 6.42 Å². The lowest BCUT2D eigenvalue weighted by molar-refractivity contribution is 0.0958. The molecule has 0 unspecified atom stereocenters. The molecule has 0 aliphatic rings. The maximum atomic E-state index is 13.5. The Labute approximate surface area is 138 Å². The van der Waals surface area contributed by atoms with Crippen molar-refractivity contribution >= 4 is 22.9 Å². The first kappa shape index (κ1) is 16.9. The van der Waals surface area contributed by atoms with Crippen LogP contribution in [0, 0.1) is 24.1 Å². The van der Waals surface area contributed by atoms with Crippen LogP contribution >= 0.6 is 11.3 Å². The van der Waals surface area contributed by atoms with Crippen molar-refractivity contribution in [1.29, 1.82) is 5.26 Å². The number of halogens is 1. The summed E-state index contributed by atoms with van der Waals surface area (Å²) in [5.41, 5.74) is 1.13. The summed E-state index contributed by atoms with van der Waals surface area (Å²) in [7, 11) is 0. The van der Waals surface area contributed by atoms with Crippen LogP contribution in [0.15, 0.2) is 18.2 Å². The van der Waals surface area contributed by atoms with E-state index in [0.29, 0.717) is 23.7 Å². The average molecular weight is 332 g/mol. The number of nitrogens with one attached hydrogen (secondary N) is 2. The van der Waals surface area contributed by atoms with Gasteiger partial charge in [0.15, 0.2) is 0 Å². The number of thiazole rings is 1. The second-order valence-electron chi connectivity index (χ2n) is 4.83. The lowest BCUT2D eigenvalue weighted by Crippen LogP contribution is -2.28. The Hall–Kier alpha value is -2.46. The predicted octanol–water partition coefficient (Wildman–Crippen LogP) is 2.87. The summed E-state index contributed by atoms with van der Waals surface area (Å²) in [5.74, 6) is -0.727. The molecule has 0 radical (unpaired) electrons. The molecule has 2 rings (SSSR count). The molecule has 1 aromatic heterocycles. The number of amides is 1. The zero-order valence-electron chi connectivity index (χ0n) is 12.9. The summed E-state index contributed by atoms with van der Waals surface area (Å²) in [5, 5.41) is 15.6. The number of aromatic nitrogens is 1. The number of aryl methyl sites for hydroxylation is 2. The van der Waals surface area contributed by atoms with Crippen LogP contribution in [0.2, 0.25) is 0 Å². The van der Waals surface area contributed by atoms with Gasteiger partial charge in [-0.05, 0) is 25.5 Å². The van der Waals surface area contributed by atoms with Crippen LogP contribution in [0.5, 0.6) is 0 Å². The van der Waals surface area contributed by atoms with E-state index in [1.165, 1.54) is 23.5 Å². The van der Waals surface area contributed by atoms with Gasteiger partial charge in [-0.1, -0.05) is 13.0 Å². The van der Waals surface area contributed by atoms with Crippen LogP contribution in [0.3, 0.4) is 0 Å². The van der Waals surface area contributed by atoms with Gasteiger partial charge < -0.3 is 10.6 Å². The number of benzene rings is 1. The van der Waals surface area contributed by atoms with Gasteiger partial charge >= 0.3 is 0 Å². The average Bonchev–Trinajstić information content (AvgIpc) is 2.92. The Morgan fingerprint density at radius 3 is 2.87 bits per heavy atom. The van der Waals surface area contributed by atoms with Gasteiger partial charge in [0.25, 0.3) is 5.91 Å². The first-order valence-electron chi connectivity index (χ1n) is 7.23. The Kier molecular flexibility index (Phi) is 5.66. The monoisotopic (exact) mass is 332 g/mol. The molecular weight excluding hydrogens is 315 g/mol. The SMILES string of the molecule is CCc1nc(C)c(C(=O)NCCNc2cccc(F)c2C#N)s1. The van der Waals surface area contributed by atoms with Crippen molar-refractivity contribution in [3.63, 3.8) is 0 Å². The molecule has 23 heavy (non-hydrogen) atoms. The van der Waals surface area contributed by atoms with Gasteiger partial charge in [-0.2, -0.15) is 5.26 Å². The minimum atomic E-state index is -0.561. The molecule has 120 valence electrons. The summed E-state index contributed by atoms with van der Waals surface area (Å²) >= 11 is 1.39. The highest BCUT2D eigenvalue weighted by Crippen LogP contribution is 2.19. The Morgan fingerprint density at radius 2 is 2.22 bits per heavy atom. The summed E-state index contributed by atoms with van der Waals surface area (Å²) in [6.45, 7) is 4.56. The first-order chi connectivity index (χ1) is 11.1. The fourth-order valence-corrected chi connectivity index (χ4v) is 2.97. The highest BCUT2D eigenvalue weighted by atomic mass is 32.1. The minimum Gasteiger partial charge on any atom is -0.382 e. The van der Waals surface area contributed by atoms with Crippen molar-refractivity contribution in [2.24, 2.45) is 0 Å². The zero-order valence-corrected chi connectivity index (χ0v) is 13.8. The summed E-state index contributed by atoms with van der Waals surface area (Å²) < 4.78 is 13.5. The molecule has 1 amide bonds. The Bertz CT molecular complexity index is 751. The van der Waals surface area contributed by atoms with E-state index in [1.54, 1.807) is 6.07 Å². The molecule has 0 saturated carbocycles. The van der Waals surface area contributed by atoms with Crippen molar-refractivity contribution in [2.45, 2.75) is 20.3 Å². The standard InChI is InChI=1S/C16H17FN4OS/c1-3-14-21-10(2)15(23-14)16(22)20-8-7-19-13-6-4-5-12(17)11(13)9-18/h4-6,19H,3,7-8H2,1-2H3,(H,20,22). The maximum absolute atomic E-state index is 13.5. The van der Waals surface area contributed by atoms with Crippen molar-refractivity contribution in [2.75, 3.05) is 18.4 Å². The van der Waals surface area contributed by atoms with Gasteiger partial charge in [-0.3, -0.25) is 4.79 Å². The third-order valence-corrected chi connectivity index (χ3v) is 4.50. The molecule has 1 aromatic carbocycles. The molecule has 7 heteroatoms. The van der Waals surface area contributed by atoms with E-state index >= 15 is 0 Å². The molecule has 0 bridgehead atoms. The highest BCUT2D eigenvalue weighted by Gasteiger charge is 2.14. The number of hydrogen-bond acceptors (Lipinski definition) is 5. The molecule has 5 nitrogen and oxygen atoms in total. The topological polar surface area (TPSA) is 77.8 Å². The quantitative estimate of drug-likeness (QED) is 0.797. The van der Waals surface area contributed by atoms with E-state index in [2.05, 4.69) is 15.6 Å². The third kappa shape index (κ3) is 4.05. The summed E-state index contributed by atoms with van der Waals surface area (Å²) in [4.78, 5) is 17.0. The van der Waals surface area contributed by atoms with Gasteiger partial charge in [-0.25, -0.2) is 9.37 Å². The molecule has 2 N–H and O–H groups in total. The number of hydrogen-bond donors (Lipinski definition) is 2. The fourth-order valence-electron chi connectivity index (χ4n) is 2.05. The largest absolute Gasteiger partial charge is 0.382 e. The molecule has 1 heterocycles. The molecule has 0 aliphatic heterocycles. The van der Waals surface area contributed by atoms with Crippen molar-refractivity contribution < 1.29 is 9.18 Å². The first-order valence-corrected chi connectivity index (χ1v) is 8.05. The third-order valence-electron chi connectivity index (χ3n) is 3.20. The van der Waals surface area contributed by atoms with Crippen LogP contribution in [0.1, 0.15) is 32.9 Å². The summed E-state index contributed by atoms with van der Waals surface area (Å²) in [6.07, 6.45) is 0.802. The molecule has 0 fully saturated rings. The molecule has 0 saturated heterocycles. The van der Waals surface area contributed by atoms with E-state index in [0.717, 1.165) is 17.1 Å². The number of nitriles is 1. The van der Waals surface area contributed by atoms with E-state index in [9.17, 15) is 9.18 Å². The Balaban J connectivity index is 1.88. The number of carbonyl (C=O) groups excluding carboxylic acids is 1. The summed E-state index contributed by atoms with van der Waals surface area (Å²) in [6, 6.07) is 6.23. The van der Waals surface area contributed by atoms with Gasteiger partial charge in [0.1, 0.15) is 22.3 Å². The lowest BCUT2D eigenvalue weighted by Gasteiger charge is -2.09. The number of nitrogens with zero attached hydrogens (tertiary/aromatic N) is 2. The van der Waals surface area contributed by atoms with Crippen molar-refractivity contribution in [3.05, 3.63) is 45.2 Å². The second-order valence-corrected chi connectivity index (χ2v) is 5.92. The smallest absolute Gasteiger partial charge is 0.263 e. The molecule has 0 atom stereocenters. The highest BCUT2D eigenvalue weighted by molar-refractivity contribution is 7.13. The van der Waals surface area contributed by atoms with Crippen LogP contribution in [0.4, 0.5) is 10.1 Å². The van der Waals surface area contributed by atoms with Gasteiger partial charge in [0.05, 0.1) is 16.4 Å². The van der Waals surface area contributed by atoms with Crippen LogP contribution < -0.4 is 10.6 Å². The second kappa shape index (κ2) is 7.70. The van der Waals surface area contributed by atoms with E-state index in [4.69, 9.17) is 5.26 Å². The van der Waals surface area contributed by atoms with Crippen LogP contribution in [0.25, 0.3) is 0 Å². The van der Waals surface area contributed by atoms with Gasteiger partial charge in [0.2, 0.25) is 0 Å². The number of rotatable bonds is 6. The number of anilines is 1.